The van der Waals surface area contributed by atoms with E-state index < -0.39 is 0 Å². The SMILES string of the molecule is Nc1cccc(Cn2ccnc2-c2c(F)cccc2Cl)c1. The normalized spacial score (nSPS) is 10.8. The molecule has 1 heterocycles. The molecule has 21 heavy (non-hydrogen) atoms. The van der Waals surface area contributed by atoms with Gasteiger partial charge in [0.2, 0.25) is 0 Å². The molecular formula is C16H13ClFN3. The lowest BCUT2D eigenvalue weighted by molar-refractivity contribution is 0.628. The van der Waals surface area contributed by atoms with Crippen molar-refractivity contribution in [3.05, 3.63) is 71.3 Å². The maximum Gasteiger partial charge on any atom is 0.144 e. The first-order chi connectivity index (χ1) is 10.1. The average Bonchev–Trinajstić information content (AvgIpc) is 2.87. The molecule has 0 unspecified atom stereocenters. The summed E-state index contributed by atoms with van der Waals surface area (Å²) >= 11 is 6.11. The van der Waals surface area contributed by atoms with Crippen molar-refractivity contribution >= 4 is 17.3 Å². The zero-order chi connectivity index (χ0) is 14.8. The van der Waals surface area contributed by atoms with Gasteiger partial charge < -0.3 is 10.3 Å². The lowest BCUT2D eigenvalue weighted by Gasteiger charge is -2.10. The summed E-state index contributed by atoms with van der Waals surface area (Å²) in [6.07, 6.45) is 3.42. The number of hydrogen-bond acceptors (Lipinski definition) is 2. The van der Waals surface area contributed by atoms with Gasteiger partial charge in [0.05, 0.1) is 10.6 Å². The van der Waals surface area contributed by atoms with Crippen LogP contribution >= 0.6 is 11.6 Å². The zero-order valence-electron chi connectivity index (χ0n) is 11.1. The molecule has 0 radical (unpaired) electrons. The summed E-state index contributed by atoms with van der Waals surface area (Å²) in [5, 5.41) is 0.343. The summed E-state index contributed by atoms with van der Waals surface area (Å²) in [4.78, 5) is 4.23. The van der Waals surface area contributed by atoms with E-state index in [-0.39, 0.29) is 5.82 Å². The highest BCUT2D eigenvalue weighted by atomic mass is 35.5. The number of rotatable bonds is 3. The highest BCUT2D eigenvalue weighted by Gasteiger charge is 2.15. The van der Waals surface area contributed by atoms with E-state index in [9.17, 15) is 4.39 Å². The van der Waals surface area contributed by atoms with Crippen molar-refractivity contribution < 1.29 is 4.39 Å². The summed E-state index contributed by atoms with van der Waals surface area (Å²) < 4.78 is 15.9. The first-order valence-corrected chi connectivity index (χ1v) is 6.83. The van der Waals surface area contributed by atoms with E-state index in [0.717, 1.165) is 5.56 Å². The molecular weight excluding hydrogens is 289 g/mol. The van der Waals surface area contributed by atoms with Gasteiger partial charge in [-0.25, -0.2) is 9.37 Å². The van der Waals surface area contributed by atoms with Crippen LogP contribution in [0.4, 0.5) is 10.1 Å². The Morgan fingerprint density at radius 3 is 2.76 bits per heavy atom. The molecule has 0 amide bonds. The monoisotopic (exact) mass is 301 g/mol. The molecule has 0 aliphatic carbocycles. The lowest BCUT2D eigenvalue weighted by atomic mass is 10.1. The third kappa shape index (κ3) is 2.76. The second kappa shape index (κ2) is 5.58. The van der Waals surface area contributed by atoms with Crippen molar-refractivity contribution in [1.82, 2.24) is 9.55 Å². The molecule has 0 fully saturated rings. The van der Waals surface area contributed by atoms with Crippen molar-refractivity contribution in [3.8, 4) is 11.4 Å². The molecule has 3 aromatic rings. The van der Waals surface area contributed by atoms with Gasteiger partial charge in [0.1, 0.15) is 11.6 Å². The fourth-order valence-electron chi connectivity index (χ4n) is 2.26. The van der Waals surface area contributed by atoms with Crippen LogP contribution in [0.1, 0.15) is 5.56 Å². The average molecular weight is 302 g/mol. The van der Waals surface area contributed by atoms with Crippen molar-refractivity contribution in [1.29, 1.82) is 0 Å². The summed E-state index contributed by atoms with van der Waals surface area (Å²) in [6, 6.07) is 12.2. The maximum absolute atomic E-state index is 14.0. The van der Waals surface area contributed by atoms with Gasteiger partial charge in [-0.1, -0.05) is 29.8 Å². The maximum atomic E-state index is 14.0. The van der Waals surface area contributed by atoms with E-state index >= 15 is 0 Å². The van der Waals surface area contributed by atoms with Gasteiger partial charge in [-0.05, 0) is 29.8 Å². The molecule has 2 N–H and O–H groups in total. The molecule has 3 rings (SSSR count). The first kappa shape index (κ1) is 13.6. The van der Waals surface area contributed by atoms with Crippen LogP contribution in [0.25, 0.3) is 11.4 Å². The predicted molar refractivity (Wildman–Crippen MR) is 82.6 cm³/mol. The van der Waals surface area contributed by atoms with Crippen LogP contribution in [-0.4, -0.2) is 9.55 Å². The number of halogens is 2. The smallest absolute Gasteiger partial charge is 0.144 e. The fraction of sp³-hybridized carbons (Fsp3) is 0.0625. The highest BCUT2D eigenvalue weighted by molar-refractivity contribution is 6.33. The third-order valence-corrected chi connectivity index (χ3v) is 3.52. The molecule has 1 aromatic heterocycles. The molecule has 0 saturated heterocycles. The molecule has 0 aliphatic rings. The van der Waals surface area contributed by atoms with Crippen LogP contribution in [0.2, 0.25) is 5.02 Å². The Kier molecular flexibility index (Phi) is 3.62. The predicted octanol–water partition coefficient (Wildman–Crippen LogP) is 3.97. The van der Waals surface area contributed by atoms with Gasteiger partial charge in [0.25, 0.3) is 0 Å². The van der Waals surface area contributed by atoms with Gasteiger partial charge in [-0.15, -0.1) is 0 Å². The minimum atomic E-state index is -0.387. The molecule has 0 bridgehead atoms. The Hall–Kier alpha value is -2.33. The lowest BCUT2D eigenvalue weighted by Crippen LogP contribution is -2.03. The van der Waals surface area contributed by atoms with Crippen LogP contribution in [0, 0.1) is 5.82 Å². The summed E-state index contributed by atoms with van der Waals surface area (Å²) in [7, 11) is 0. The number of nitrogen functional groups attached to an aromatic ring is 1. The van der Waals surface area contributed by atoms with Crippen LogP contribution in [0.5, 0.6) is 0 Å². The molecule has 106 valence electrons. The quantitative estimate of drug-likeness (QED) is 0.744. The molecule has 0 aliphatic heterocycles. The minimum absolute atomic E-state index is 0.313. The van der Waals surface area contributed by atoms with Crippen LogP contribution in [0.3, 0.4) is 0 Å². The second-order valence-electron chi connectivity index (χ2n) is 4.72. The van der Waals surface area contributed by atoms with E-state index in [1.807, 2.05) is 28.8 Å². The van der Waals surface area contributed by atoms with Crippen LogP contribution < -0.4 is 5.73 Å². The molecule has 0 atom stereocenters. The number of aromatic nitrogens is 2. The van der Waals surface area contributed by atoms with Crippen LogP contribution in [0.15, 0.2) is 54.9 Å². The van der Waals surface area contributed by atoms with Gasteiger partial charge in [0.15, 0.2) is 0 Å². The van der Waals surface area contributed by atoms with Gasteiger partial charge in [-0.3, -0.25) is 0 Å². The van der Waals surface area contributed by atoms with Crippen molar-refractivity contribution in [3.63, 3.8) is 0 Å². The summed E-state index contributed by atoms with van der Waals surface area (Å²) in [5.74, 6) is 0.114. The number of imidazole rings is 1. The highest BCUT2D eigenvalue weighted by Crippen LogP contribution is 2.29. The fourth-order valence-corrected chi connectivity index (χ4v) is 2.51. The number of hydrogen-bond donors (Lipinski definition) is 1. The standard InChI is InChI=1S/C16H13ClFN3/c17-13-5-2-6-14(18)15(13)16-20-7-8-21(16)10-11-3-1-4-12(19)9-11/h1-9H,10,19H2. The van der Waals surface area contributed by atoms with E-state index in [2.05, 4.69) is 4.98 Å². The zero-order valence-corrected chi connectivity index (χ0v) is 11.9. The molecule has 3 nitrogen and oxygen atoms in total. The Bertz CT molecular complexity index is 762. The second-order valence-corrected chi connectivity index (χ2v) is 5.13. The van der Waals surface area contributed by atoms with E-state index in [1.165, 1.54) is 6.07 Å². The Balaban J connectivity index is 2.02. The van der Waals surface area contributed by atoms with Gasteiger partial charge >= 0.3 is 0 Å². The third-order valence-electron chi connectivity index (χ3n) is 3.21. The minimum Gasteiger partial charge on any atom is -0.399 e. The Morgan fingerprint density at radius 2 is 2.00 bits per heavy atom. The molecule has 2 aromatic carbocycles. The van der Waals surface area contributed by atoms with Crippen molar-refractivity contribution in [2.24, 2.45) is 0 Å². The molecule has 0 spiro atoms. The molecule has 0 saturated carbocycles. The largest absolute Gasteiger partial charge is 0.399 e. The topological polar surface area (TPSA) is 43.8 Å². The number of anilines is 1. The molecule has 5 heteroatoms. The number of nitrogens with zero attached hydrogens (tertiary/aromatic N) is 2. The van der Waals surface area contributed by atoms with E-state index in [0.29, 0.717) is 28.6 Å². The number of benzene rings is 2. The first-order valence-electron chi connectivity index (χ1n) is 6.45. The van der Waals surface area contributed by atoms with E-state index in [1.54, 1.807) is 24.5 Å². The summed E-state index contributed by atoms with van der Waals surface area (Å²) in [5.41, 5.74) is 7.80. The van der Waals surface area contributed by atoms with Gasteiger partial charge in [-0.2, -0.15) is 0 Å². The number of nitrogens with two attached hydrogens (primary N) is 1. The summed E-state index contributed by atoms with van der Waals surface area (Å²) in [6.45, 7) is 0.547. The van der Waals surface area contributed by atoms with Crippen molar-refractivity contribution in [2.75, 3.05) is 5.73 Å². The van der Waals surface area contributed by atoms with E-state index in [4.69, 9.17) is 17.3 Å². The van der Waals surface area contributed by atoms with Crippen molar-refractivity contribution in [2.45, 2.75) is 6.54 Å². The van der Waals surface area contributed by atoms with Gasteiger partial charge in [0, 0.05) is 24.6 Å². The Morgan fingerprint density at radius 1 is 1.19 bits per heavy atom. The van der Waals surface area contributed by atoms with Crippen LogP contribution in [-0.2, 0) is 6.54 Å². The Labute approximate surface area is 126 Å².